The lowest BCUT2D eigenvalue weighted by Gasteiger charge is -2.21. The molecule has 5 atom stereocenters. The Morgan fingerprint density at radius 1 is 1.50 bits per heavy atom. The molecule has 1 unspecified atom stereocenters. The number of carboxylic acids is 1. The van der Waals surface area contributed by atoms with E-state index in [4.69, 9.17) is 27.2 Å². The van der Waals surface area contributed by atoms with E-state index in [2.05, 4.69) is 10.3 Å². The normalized spacial score (nSPS) is 28.0. The van der Waals surface area contributed by atoms with Crippen molar-refractivity contribution in [1.29, 1.82) is 0 Å². The van der Waals surface area contributed by atoms with E-state index in [1.54, 1.807) is 0 Å². The van der Waals surface area contributed by atoms with Crippen molar-refractivity contribution in [1.82, 2.24) is 14.9 Å². The largest absolute Gasteiger partial charge is 0.481 e. The summed E-state index contributed by atoms with van der Waals surface area (Å²) in [6, 6.07) is -0.787. The van der Waals surface area contributed by atoms with Gasteiger partial charge in [-0.15, -0.1) is 0 Å². The summed E-state index contributed by atoms with van der Waals surface area (Å²) in [5.74, 6) is -1.10. The van der Waals surface area contributed by atoms with Crippen LogP contribution in [0.4, 0.5) is 0 Å². The zero-order valence-electron chi connectivity index (χ0n) is 12.7. The highest BCUT2D eigenvalue weighted by atomic mass is 32.1. The Kier molecular flexibility index (Phi) is 5.85. The van der Waals surface area contributed by atoms with Crippen LogP contribution in [0.2, 0.25) is 0 Å². The number of carboxylic acid groups (broad SMARTS) is 1. The van der Waals surface area contributed by atoms with Crippen molar-refractivity contribution in [3.63, 3.8) is 0 Å². The number of aliphatic hydroxyl groups excluding tert-OH is 3. The van der Waals surface area contributed by atoms with Crippen molar-refractivity contribution in [3.05, 3.63) is 26.9 Å². The van der Waals surface area contributed by atoms with Gasteiger partial charge in [-0.25, -0.2) is 0 Å². The molecule has 24 heavy (non-hydrogen) atoms. The number of aliphatic hydroxyl groups is 3. The first-order valence-corrected chi connectivity index (χ1v) is 7.57. The van der Waals surface area contributed by atoms with Gasteiger partial charge in [-0.3, -0.25) is 19.1 Å². The Balaban J connectivity index is 2.45. The van der Waals surface area contributed by atoms with Crippen LogP contribution in [-0.2, 0) is 9.53 Å². The van der Waals surface area contributed by atoms with Crippen LogP contribution in [0, 0.1) is 4.77 Å². The number of aromatic amines is 1. The molecule has 2 rings (SSSR count). The zero-order chi connectivity index (χ0) is 18.0. The first kappa shape index (κ1) is 18.7. The van der Waals surface area contributed by atoms with E-state index >= 15 is 0 Å². The number of nitrogens with one attached hydrogen (secondary N) is 2. The van der Waals surface area contributed by atoms with E-state index in [9.17, 15) is 19.8 Å². The maximum Gasteiger partial charge on any atom is 0.305 e. The number of hydrogen-bond donors (Lipinski definition) is 6. The third-order valence-corrected chi connectivity index (χ3v) is 4.20. The quantitative estimate of drug-likeness (QED) is 0.323. The summed E-state index contributed by atoms with van der Waals surface area (Å²) in [5.41, 5.74) is -0.477. The predicted molar refractivity (Wildman–Crippen MR) is 82.9 cm³/mol. The fraction of sp³-hybridized carbons (Fsp3) is 0.615. The lowest BCUT2D eigenvalue weighted by Crippen LogP contribution is -2.34. The third kappa shape index (κ3) is 3.55. The van der Waals surface area contributed by atoms with Crippen LogP contribution < -0.4 is 10.9 Å². The molecule has 0 radical (unpaired) electrons. The van der Waals surface area contributed by atoms with Crippen LogP contribution in [0.1, 0.15) is 24.3 Å². The Labute approximate surface area is 141 Å². The lowest BCUT2D eigenvalue weighted by atomic mass is 10.1. The molecule has 0 bridgehead atoms. The van der Waals surface area contributed by atoms with E-state index in [1.807, 2.05) is 0 Å². The van der Waals surface area contributed by atoms with Gasteiger partial charge in [0.25, 0.3) is 5.56 Å². The molecule has 1 saturated heterocycles. The molecule has 1 aromatic heterocycles. The molecule has 6 N–H and O–H groups in total. The van der Waals surface area contributed by atoms with E-state index in [0.29, 0.717) is 0 Å². The fourth-order valence-electron chi connectivity index (χ4n) is 2.59. The lowest BCUT2D eigenvalue weighted by molar-refractivity contribution is -0.137. The van der Waals surface area contributed by atoms with E-state index in [0.717, 1.165) is 0 Å². The highest BCUT2D eigenvalue weighted by Crippen LogP contribution is 2.29. The van der Waals surface area contributed by atoms with Crippen molar-refractivity contribution in [2.45, 2.75) is 37.0 Å². The summed E-state index contributed by atoms with van der Waals surface area (Å²) in [6.07, 6.45) is -3.88. The van der Waals surface area contributed by atoms with Gasteiger partial charge >= 0.3 is 5.97 Å². The fourth-order valence-corrected chi connectivity index (χ4v) is 2.84. The molecular formula is C13H19N3O7S. The van der Waals surface area contributed by atoms with Crippen molar-refractivity contribution >= 4 is 18.2 Å². The Morgan fingerprint density at radius 3 is 2.67 bits per heavy atom. The van der Waals surface area contributed by atoms with E-state index in [1.165, 1.54) is 17.8 Å². The average Bonchev–Trinajstić information content (AvgIpc) is 2.81. The monoisotopic (exact) mass is 361 g/mol. The van der Waals surface area contributed by atoms with Crippen LogP contribution in [0.3, 0.4) is 0 Å². The maximum atomic E-state index is 12.1. The summed E-state index contributed by atoms with van der Waals surface area (Å²) in [7, 11) is 1.51. The molecule has 0 aromatic carbocycles. The minimum absolute atomic E-state index is 0.0660. The maximum absolute atomic E-state index is 12.1. The third-order valence-electron chi connectivity index (χ3n) is 3.89. The van der Waals surface area contributed by atoms with Gasteiger partial charge in [0, 0.05) is 12.2 Å². The number of carbonyl (C=O) groups is 1. The smallest absolute Gasteiger partial charge is 0.305 e. The Hall–Kier alpha value is -1.63. The first-order chi connectivity index (χ1) is 11.3. The highest BCUT2D eigenvalue weighted by molar-refractivity contribution is 7.71. The van der Waals surface area contributed by atoms with Gasteiger partial charge in [-0.1, -0.05) is 0 Å². The van der Waals surface area contributed by atoms with Gasteiger partial charge in [-0.05, 0) is 19.3 Å². The summed E-state index contributed by atoms with van der Waals surface area (Å²) in [5, 5.41) is 40.7. The molecule has 1 fully saturated rings. The predicted octanol–water partition coefficient (Wildman–Crippen LogP) is -1.75. The summed E-state index contributed by atoms with van der Waals surface area (Å²) in [4.78, 5) is 25.4. The number of aliphatic carboxylic acids is 1. The molecule has 1 aromatic rings. The number of nitrogens with zero attached hydrogens (tertiary/aromatic N) is 1. The van der Waals surface area contributed by atoms with Crippen LogP contribution in [0.15, 0.2) is 11.0 Å². The molecule has 0 saturated carbocycles. The number of aromatic nitrogens is 2. The van der Waals surface area contributed by atoms with E-state index < -0.39 is 48.7 Å². The minimum Gasteiger partial charge on any atom is -0.481 e. The summed E-state index contributed by atoms with van der Waals surface area (Å²) >= 11 is 5.05. The number of hydrogen-bond acceptors (Lipinski definition) is 8. The Bertz CT molecular complexity index is 718. The van der Waals surface area contributed by atoms with Crippen LogP contribution in [0.25, 0.3) is 0 Å². The summed E-state index contributed by atoms with van der Waals surface area (Å²) in [6.45, 7) is -0.504. The van der Waals surface area contributed by atoms with Crippen molar-refractivity contribution in [2.24, 2.45) is 0 Å². The second kappa shape index (κ2) is 7.51. The van der Waals surface area contributed by atoms with Crippen molar-refractivity contribution in [2.75, 3.05) is 13.7 Å². The second-order valence-electron chi connectivity index (χ2n) is 5.42. The molecule has 10 nitrogen and oxygen atoms in total. The number of ether oxygens (including phenoxy) is 1. The number of rotatable bonds is 6. The topological polar surface area (TPSA) is 157 Å². The first-order valence-electron chi connectivity index (χ1n) is 7.17. The SMILES string of the molecule is CNC(CC(=O)O)c1cn([C@@H]2O[C@H](CO)[C@@H](O)[C@H]2O)c(=S)[nH]c1=O. The van der Waals surface area contributed by atoms with Crippen molar-refractivity contribution in [3.8, 4) is 0 Å². The van der Waals surface area contributed by atoms with Gasteiger partial charge in [0.05, 0.1) is 18.6 Å². The molecule has 134 valence electrons. The summed E-state index contributed by atoms with van der Waals surface area (Å²) < 4.78 is 6.54. The Morgan fingerprint density at radius 2 is 2.17 bits per heavy atom. The highest BCUT2D eigenvalue weighted by Gasteiger charge is 2.43. The molecule has 1 aliphatic rings. The molecule has 0 amide bonds. The average molecular weight is 361 g/mol. The minimum atomic E-state index is -1.37. The molecule has 2 heterocycles. The standard InChI is InChI=1S/C13H19N3O7S/c1-14-6(2-8(18)19)5-3-16(13(24)15-11(5)22)12-10(21)9(20)7(4-17)23-12/h3,6-7,9-10,12,14,17,20-21H,2,4H2,1H3,(H,18,19)(H,15,22,24)/t6?,7-,9-,10-,12-/m1/s1. The van der Waals surface area contributed by atoms with Gasteiger partial charge in [0.15, 0.2) is 11.0 Å². The van der Waals surface area contributed by atoms with Gasteiger partial charge in [0.2, 0.25) is 0 Å². The van der Waals surface area contributed by atoms with Crippen LogP contribution in [0.5, 0.6) is 0 Å². The molecule has 0 aliphatic carbocycles. The molecule has 11 heteroatoms. The van der Waals surface area contributed by atoms with Crippen LogP contribution in [-0.4, -0.2) is 67.9 Å². The number of H-pyrrole nitrogens is 1. The van der Waals surface area contributed by atoms with Crippen molar-refractivity contribution < 1.29 is 30.0 Å². The molecular weight excluding hydrogens is 342 g/mol. The van der Waals surface area contributed by atoms with Crippen LogP contribution >= 0.6 is 12.2 Å². The second-order valence-corrected chi connectivity index (χ2v) is 5.81. The van der Waals surface area contributed by atoms with Gasteiger partial charge in [-0.2, -0.15) is 0 Å². The zero-order valence-corrected chi connectivity index (χ0v) is 13.6. The van der Waals surface area contributed by atoms with Gasteiger partial charge in [0.1, 0.15) is 18.3 Å². The van der Waals surface area contributed by atoms with Gasteiger partial charge < -0.3 is 30.5 Å². The molecule has 1 aliphatic heterocycles. The van der Waals surface area contributed by atoms with E-state index in [-0.39, 0.29) is 16.8 Å². The molecule has 0 spiro atoms.